The van der Waals surface area contributed by atoms with Crippen molar-refractivity contribution in [1.29, 1.82) is 0 Å². The van der Waals surface area contributed by atoms with Gasteiger partial charge in [0, 0.05) is 15.8 Å². The van der Waals surface area contributed by atoms with Gasteiger partial charge in [-0.2, -0.15) is 5.10 Å². The SMILES string of the molecule is COC(=O)c1sc2cc(NC(=O)Cn3ncc(Cl)c3C)ccc2c1Cl. The van der Waals surface area contributed by atoms with Gasteiger partial charge in [0.15, 0.2) is 0 Å². The molecule has 0 radical (unpaired) electrons. The number of hydrogen-bond acceptors (Lipinski definition) is 5. The van der Waals surface area contributed by atoms with E-state index >= 15 is 0 Å². The van der Waals surface area contributed by atoms with Crippen LogP contribution in [0.3, 0.4) is 0 Å². The first-order valence-electron chi connectivity index (χ1n) is 7.19. The minimum atomic E-state index is -0.483. The molecule has 9 heteroatoms. The van der Waals surface area contributed by atoms with Crippen LogP contribution in [-0.4, -0.2) is 28.8 Å². The summed E-state index contributed by atoms with van der Waals surface area (Å²) in [6, 6.07) is 5.24. The number of thiophene rings is 1. The fraction of sp³-hybridized carbons (Fsp3) is 0.188. The fourth-order valence-electron chi connectivity index (χ4n) is 2.29. The van der Waals surface area contributed by atoms with Crippen molar-refractivity contribution in [3.8, 4) is 0 Å². The van der Waals surface area contributed by atoms with Crippen LogP contribution in [-0.2, 0) is 16.1 Å². The lowest BCUT2D eigenvalue weighted by atomic mass is 10.2. The molecule has 0 fully saturated rings. The zero-order valence-electron chi connectivity index (χ0n) is 13.3. The minimum Gasteiger partial charge on any atom is -0.465 e. The third-order valence-corrected chi connectivity index (χ3v) is 5.63. The number of aromatic nitrogens is 2. The molecule has 1 amide bonds. The van der Waals surface area contributed by atoms with Gasteiger partial charge in [-0.3, -0.25) is 9.48 Å². The van der Waals surface area contributed by atoms with Crippen molar-refractivity contribution < 1.29 is 14.3 Å². The highest BCUT2D eigenvalue weighted by atomic mass is 35.5. The maximum atomic E-state index is 12.2. The van der Waals surface area contributed by atoms with Crippen LogP contribution in [0.5, 0.6) is 0 Å². The Morgan fingerprint density at radius 1 is 1.36 bits per heavy atom. The number of hydrogen-bond donors (Lipinski definition) is 1. The summed E-state index contributed by atoms with van der Waals surface area (Å²) in [4.78, 5) is 24.2. The maximum Gasteiger partial charge on any atom is 0.349 e. The molecular formula is C16H13Cl2N3O3S. The number of rotatable bonds is 4. The van der Waals surface area contributed by atoms with Crippen molar-refractivity contribution in [3.05, 3.63) is 45.0 Å². The van der Waals surface area contributed by atoms with E-state index in [4.69, 9.17) is 27.9 Å². The van der Waals surface area contributed by atoms with Crippen molar-refractivity contribution in [1.82, 2.24) is 9.78 Å². The average molecular weight is 398 g/mol. The number of carbonyl (C=O) groups excluding carboxylic acids is 2. The zero-order valence-corrected chi connectivity index (χ0v) is 15.6. The molecule has 1 N–H and O–H groups in total. The summed E-state index contributed by atoms with van der Waals surface area (Å²) in [5, 5.41) is 8.44. The largest absolute Gasteiger partial charge is 0.465 e. The van der Waals surface area contributed by atoms with Gasteiger partial charge in [-0.1, -0.05) is 23.2 Å². The molecule has 3 rings (SSSR count). The van der Waals surface area contributed by atoms with E-state index in [9.17, 15) is 9.59 Å². The van der Waals surface area contributed by atoms with Crippen LogP contribution in [0.15, 0.2) is 24.4 Å². The van der Waals surface area contributed by atoms with Crippen LogP contribution in [0.1, 0.15) is 15.4 Å². The second kappa shape index (κ2) is 7.03. The van der Waals surface area contributed by atoms with E-state index in [-0.39, 0.29) is 12.5 Å². The van der Waals surface area contributed by atoms with E-state index in [1.807, 2.05) is 0 Å². The molecule has 25 heavy (non-hydrogen) atoms. The molecule has 0 aliphatic rings. The summed E-state index contributed by atoms with van der Waals surface area (Å²) < 4.78 is 7.02. The van der Waals surface area contributed by atoms with E-state index in [1.165, 1.54) is 29.3 Å². The number of carbonyl (C=O) groups is 2. The summed E-state index contributed by atoms with van der Waals surface area (Å²) in [6.07, 6.45) is 1.50. The second-order valence-corrected chi connectivity index (χ2v) is 7.07. The highest BCUT2D eigenvalue weighted by Gasteiger charge is 2.18. The molecule has 2 aromatic heterocycles. The molecule has 0 spiro atoms. The van der Waals surface area contributed by atoms with Gasteiger partial charge in [0.05, 0.1) is 29.0 Å². The molecule has 0 aliphatic heterocycles. The van der Waals surface area contributed by atoms with E-state index in [1.54, 1.807) is 25.1 Å². The topological polar surface area (TPSA) is 73.2 Å². The number of esters is 1. The van der Waals surface area contributed by atoms with Crippen molar-refractivity contribution in [2.75, 3.05) is 12.4 Å². The van der Waals surface area contributed by atoms with Crippen LogP contribution in [0, 0.1) is 6.92 Å². The van der Waals surface area contributed by atoms with Crippen molar-refractivity contribution in [2.45, 2.75) is 13.5 Å². The number of benzene rings is 1. The monoisotopic (exact) mass is 397 g/mol. The van der Waals surface area contributed by atoms with Gasteiger partial charge in [0.1, 0.15) is 11.4 Å². The Morgan fingerprint density at radius 2 is 2.12 bits per heavy atom. The molecule has 0 aliphatic carbocycles. The van der Waals surface area contributed by atoms with Crippen molar-refractivity contribution >= 4 is 62.2 Å². The van der Waals surface area contributed by atoms with E-state index in [0.29, 0.717) is 20.6 Å². The fourth-order valence-corrected chi connectivity index (χ4v) is 3.89. The number of nitrogens with one attached hydrogen (secondary N) is 1. The van der Waals surface area contributed by atoms with Gasteiger partial charge in [-0.15, -0.1) is 11.3 Å². The van der Waals surface area contributed by atoms with Gasteiger partial charge >= 0.3 is 5.97 Å². The predicted molar refractivity (Wildman–Crippen MR) is 98.8 cm³/mol. The van der Waals surface area contributed by atoms with E-state index < -0.39 is 5.97 Å². The minimum absolute atomic E-state index is 0.0508. The predicted octanol–water partition coefficient (Wildman–Crippen LogP) is 4.14. The normalized spacial score (nSPS) is 10.9. The lowest BCUT2D eigenvalue weighted by molar-refractivity contribution is -0.116. The molecular weight excluding hydrogens is 385 g/mol. The smallest absolute Gasteiger partial charge is 0.349 e. The molecule has 0 saturated heterocycles. The second-order valence-electron chi connectivity index (χ2n) is 5.23. The van der Waals surface area contributed by atoms with Gasteiger partial charge in [-0.25, -0.2) is 4.79 Å². The molecule has 2 heterocycles. The van der Waals surface area contributed by atoms with Crippen LogP contribution < -0.4 is 5.32 Å². The Kier molecular flexibility index (Phi) is 4.99. The summed E-state index contributed by atoms with van der Waals surface area (Å²) in [6.45, 7) is 1.84. The van der Waals surface area contributed by atoms with E-state index in [0.717, 1.165) is 15.8 Å². The lowest BCUT2D eigenvalue weighted by Crippen LogP contribution is -2.20. The van der Waals surface area contributed by atoms with E-state index in [2.05, 4.69) is 10.4 Å². The number of methoxy groups -OCH3 is 1. The quantitative estimate of drug-likeness (QED) is 0.671. The number of amides is 1. The Morgan fingerprint density at radius 3 is 2.76 bits per heavy atom. The van der Waals surface area contributed by atoms with Crippen LogP contribution in [0.4, 0.5) is 5.69 Å². The number of nitrogens with zero attached hydrogens (tertiary/aromatic N) is 2. The Labute approximate surface area is 157 Å². The summed E-state index contributed by atoms with van der Waals surface area (Å²) in [7, 11) is 1.30. The molecule has 0 saturated carbocycles. The van der Waals surface area contributed by atoms with Crippen molar-refractivity contribution in [2.24, 2.45) is 0 Å². The lowest BCUT2D eigenvalue weighted by Gasteiger charge is -2.07. The van der Waals surface area contributed by atoms with Crippen LogP contribution in [0.2, 0.25) is 10.0 Å². The number of anilines is 1. The van der Waals surface area contributed by atoms with Crippen LogP contribution in [0.25, 0.3) is 10.1 Å². The molecule has 3 aromatic rings. The first-order chi connectivity index (χ1) is 11.9. The number of halogens is 2. The first-order valence-corrected chi connectivity index (χ1v) is 8.76. The highest BCUT2D eigenvalue weighted by Crippen LogP contribution is 2.37. The zero-order chi connectivity index (χ0) is 18.1. The molecule has 6 nitrogen and oxygen atoms in total. The summed E-state index contributed by atoms with van der Waals surface area (Å²) in [5.41, 5.74) is 1.32. The third kappa shape index (κ3) is 3.49. The van der Waals surface area contributed by atoms with Gasteiger partial charge in [0.25, 0.3) is 0 Å². The highest BCUT2D eigenvalue weighted by molar-refractivity contribution is 7.21. The summed E-state index contributed by atoms with van der Waals surface area (Å²) in [5.74, 6) is -0.721. The first kappa shape index (κ1) is 17.7. The Balaban J connectivity index is 1.81. The molecule has 0 atom stereocenters. The van der Waals surface area contributed by atoms with Gasteiger partial charge < -0.3 is 10.1 Å². The maximum absolute atomic E-state index is 12.2. The number of fused-ring (bicyclic) bond motifs is 1. The Hall–Kier alpha value is -2.09. The molecule has 1 aromatic carbocycles. The molecule has 0 unspecified atom stereocenters. The third-order valence-electron chi connectivity index (χ3n) is 3.62. The number of ether oxygens (including phenoxy) is 1. The Bertz CT molecular complexity index is 981. The molecule has 130 valence electrons. The summed E-state index contributed by atoms with van der Waals surface area (Å²) >= 11 is 13.4. The molecule has 0 bridgehead atoms. The van der Waals surface area contributed by atoms with Crippen LogP contribution >= 0.6 is 34.5 Å². The van der Waals surface area contributed by atoms with Gasteiger partial charge in [-0.05, 0) is 25.1 Å². The van der Waals surface area contributed by atoms with Crippen molar-refractivity contribution in [3.63, 3.8) is 0 Å². The average Bonchev–Trinajstić information content (AvgIpc) is 3.08. The van der Waals surface area contributed by atoms with Gasteiger partial charge in [0.2, 0.25) is 5.91 Å². The standard InChI is InChI=1S/C16H13Cl2N3O3S/c1-8-11(17)6-19-21(8)7-13(22)20-9-3-4-10-12(5-9)25-15(14(10)18)16(23)24-2/h3-6H,7H2,1-2H3,(H,20,22).